The number of thiazole rings is 1. The first kappa shape index (κ1) is 18.4. The van der Waals surface area contributed by atoms with Gasteiger partial charge >= 0.3 is 0 Å². The number of hydrogen-bond acceptors (Lipinski definition) is 4. The molecule has 6 heteroatoms. The minimum absolute atomic E-state index is 0.144. The lowest BCUT2D eigenvalue weighted by atomic mass is 9.96. The highest BCUT2D eigenvalue weighted by Gasteiger charge is 2.33. The van der Waals surface area contributed by atoms with Crippen LogP contribution in [0, 0.1) is 0 Å². The van der Waals surface area contributed by atoms with E-state index in [4.69, 9.17) is 0 Å². The number of nitrogens with one attached hydrogen (secondary N) is 1. The Kier molecular flexibility index (Phi) is 5.19. The summed E-state index contributed by atoms with van der Waals surface area (Å²) in [6, 6.07) is 9.10. The van der Waals surface area contributed by atoms with Gasteiger partial charge in [-0.15, -0.1) is 5.10 Å². The molecule has 1 atom stereocenters. The molecule has 1 saturated heterocycles. The predicted octanol–water partition coefficient (Wildman–Crippen LogP) is 3.34. The third-order valence-electron chi connectivity index (χ3n) is 5.66. The molecule has 2 aromatic heterocycles. The van der Waals surface area contributed by atoms with E-state index in [2.05, 4.69) is 48.2 Å². The molecule has 0 amide bonds. The molecule has 1 aromatic carbocycles. The van der Waals surface area contributed by atoms with Gasteiger partial charge in [-0.1, -0.05) is 56.4 Å². The fourth-order valence-electron chi connectivity index (χ4n) is 4.07. The quantitative estimate of drug-likeness (QED) is 0.708. The van der Waals surface area contributed by atoms with E-state index in [0.717, 1.165) is 35.2 Å². The number of fused-ring (bicyclic) bond motifs is 1. The Morgan fingerprint density at radius 1 is 1.11 bits per heavy atom. The third-order valence-corrected chi connectivity index (χ3v) is 6.75. The molecule has 27 heavy (non-hydrogen) atoms. The number of nitrogens with zero attached hydrogens (tertiary/aromatic N) is 3. The van der Waals surface area contributed by atoms with E-state index >= 15 is 0 Å². The Balaban J connectivity index is 1.77. The molecule has 0 unspecified atom stereocenters. The lowest BCUT2D eigenvalue weighted by Crippen LogP contribution is -3.13. The number of hydrogen-bond donors (Lipinski definition) is 2. The first-order valence-corrected chi connectivity index (χ1v) is 10.9. The molecule has 0 saturated carbocycles. The SMILES string of the molecule is CCc1nc2sc([C@H](c3ccc(C(C)C)cc3)[NH+]3CCCCC3)c(O)n2n1. The molecule has 144 valence electrons. The van der Waals surface area contributed by atoms with Crippen molar-refractivity contribution in [1.82, 2.24) is 14.6 Å². The van der Waals surface area contributed by atoms with Gasteiger partial charge < -0.3 is 10.0 Å². The standard InChI is InChI=1S/C21H28N4OS/c1-4-17-22-21-25(23-17)20(26)19(27-21)18(24-12-6-5-7-13-24)16-10-8-15(9-11-16)14(2)3/h8-11,14,18,26H,4-7,12-13H2,1-3H3/p+1/t18-/m0/s1. The van der Waals surface area contributed by atoms with Crippen LogP contribution in [-0.4, -0.2) is 32.8 Å². The van der Waals surface area contributed by atoms with Gasteiger partial charge in [-0.05, 0) is 30.7 Å². The van der Waals surface area contributed by atoms with Gasteiger partial charge in [0, 0.05) is 12.0 Å². The second-order valence-electron chi connectivity index (χ2n) is 7.84. The second-order valence-corrected chi connectivity index (χ2v) is 8.85. The molecule has 0 bridgehead atoms. The highest BCUT2D eigenvalue weighted by Crippen LogP contribution is 2.35. The largest absolute Gasteiger partial charge is 0.492 e. The van der Waals surface area contributed by atoms with Crippen molar-refractivity contribution in [1.29, 1.82) is 0 Å². The number of rotatable bonds is 5. The first-order chi connectivity index (χ1) is 13.1. The number of aromatic hydroxyl groups is 1. The molecule has 3 aromatic rings. The molecule has 2 N–H and O–H groups in total. The smallest absolute Gasteiger partial charge is 0.235 e. The van der Waals surface area contributed by atoms with Gasteiger partial charge in [0.2, 0.25) is 10.8 Å². The fraction of sp³-hybridized carbons (Fsp3) is 0.524. The molecule has 0 aliphatic carbocycles. The summed E-state index contributed by atoms with van der Waals surface area (Å²) in [5.74, 6) is 1.57. The normalized spacial score (nSPS) is 17.0. The van der Waals surface area contributed by atoms with Gasteiger partial charge in [0.25, 0.3) is 0 Å². The fourth-order valence-corrected chi connectivity index (χ4v) is 5.23. The van der Waals surface area contributed by atoms with Crippen molar-refractivity contribution in [2.75, 3.05) is 13.1 Å². The highest BCUT2D eigenvalue weighted by molar-refractivity contribution is 7.17. The van der Waals surface area contributed by atoms with E-state index in [1.807, 2.05) is 6.92 Å². The number of aromatic nitrogens is 3. The Morgan fingerprint density at radius 3 is 2.37 bits per heavy atom. The van der Waals surface area contributed by atoms with E-state index in [1.54, 1.807) is 15.9 Å². The van der Waals surface area contributed by atoms with Gasteiger partial charge in [0.1, 0.15) is 4.88 Å². The monoisotopic (exact) mass is 385 g/mol. The van der Waals surface area contributed by atoms with E-state index in [1.165, 1.54) is 35.3 Å². The topological polar surface area (TPSA) is 54.9 Å². The molecule has 1 fully saturated rings. The number of quaternary nitrogens is 1. The zero-order valence-electron chi connectivity index (χ0n) is 16.4. The summed E-state index contributed by atoms with van der Waals surface area (Å²) in [5, 5.41) is 15.4. The highest BCUT2D eigenvalue weighted by atomic mass is 32.1. The van der Waals surface area contributed by atoms with Crippen LogP contribution in [0.1, 0.15) is 73.8 Å². The molecule has 3 heterocycles. The van der Waals surface area contributed by atoms with Gasteiger partial charge in [0.15, 0.2) is 11.9 Å². The number of piperidine rings is 1. The number of aryl methyl sites for hydroxylation is 1. The van der Waals surface area contributed by atoms with Crippen molar-refractivity contribution in [3.63, 3.8) is 0 Å². The van der Waals surface area contributed by atoms with Gasteiger partial charge in [-0.2, -0.15) is 4.52 Å². The minimum atomic E-state index is 0.144. The van der Waals surface area contributed by atoms with Crippen LogP contribution in [-0.2, 0) is 6.42 Å². The molecule has 1 aliphatic rings. The molecule has 0 radical (unpaired) electrons. The lowest BCUT2D eigenvalue weighted by molar-refractivity contribution is -0.929. The van der Waals surface area contributed by atoms with Crippen LogP contribution < -0.4 is 4.90 Å². The van der Waals surface area contributed by atoms with Crippen molar-refractivity contribution in [2.45, 2.75) is 58.4 Å². The summed E-state index contributed by atoms with van der Waals surface area (Å²) < 4.78 is 1.62. The van der Waals surface area contributed by atoms with E-state index in [0.29, 0.717) is 5.92 Å². The molecular formula is C21H29N4OS+. The molecule has 5 nitrogen and oxygen atoms in total. The summed E-state index contributed by atoms with van der Waals surface area (Å²) >= 11 is 1.59. The Morgan fingerprint density at radius 2 is 1.78 bits per heavy atom. The second kappa shape index (κ2) is 7.60. The summed E-state index contributed by atoms with van der Waals surface area (Å²) in [5.41, 5.74) is 2.62. The predicted molar refractivity (Wildman–Crippen MR) is 109 cm³/mol. The van der Waals surface area contributed by atoms with E-state index < -0.39 is 0 Å². The third kappa shape index (κ3) is 3.48. The van der Waals surface area contributed by atoms with Crippen molar-refractivity contribution < 1.29 is 10.0 Å². The maximum Gasteiger partial charge on any atom is 0.235 e. The van der Waals surface area contributed by atoms with Crippen LogP contribution >= 0.6 is 11.3 Å². The first-order valence-electron chi connectivity index (χ1n) is 10.1. The van der Waals surface area contributed by atoms with E-state index in [-0.39, 0.29) is 11.9 Å². The maximum absolute atomic E-state index is 11.0. The van der Waals surface area contributed by atoms with Crippen LogP contribution in [0.25, 0.3) is 4.96 Å². The minimum Gasteiger partial charge on any atom is -0.492 e. The van der Waals surface area contributed by atoms with Gasteiger partial charge in [-0.25, -0.2) is 4.98 Å². The molecule has 4 rings (SSSR count). The average Bonchev–Trinajstić information content (AvgIpc) is 3.23. The van der Waals surface area contributed by atoms with Crippen molar-refractivity contribution >= 4 is 16.3 Å². The van der Waals surface area contributed by atoms with Gasteiger partial charge in [0.05, 0.1) is 13.1 Å². The summed E-state index contributed by atoms with van der Waals surface area (Å²) in [4.78, 5) is 7.89. The van der Waals surface area contributed by atoms with Crippen LogP contribution in [0.4, 0.5) is 0 Å². The molecule has 0 spiro atoms. The summed E-state index contributed by atoms with van der Waals surface area (Å²) in [6.07, 6.45) is 4.58. The zero-order chi connectivity index (χ0) is 19.0. The summed E-state index contributed by atoms with van der Waals surface area (Å²) in [6.45, 7) is 8.77. The van der Waals surface area contributed by atoms with Crippen LogP contribution in [0.15, 0.2) is 24.3 Å². The zero-order valence-corrected chi connectivity index (χ0v) is 17.2. The van der Waals surface area contributed by atoms with Gasteiger partial charge in [-0.3, -0.25) is 0 Å². The Labute approximate surface area is 164 Å². The van der Waals surface area contributed by atoms with Crippen molar-refractivity contribution in [3.8, 4) is 5.88 Å². The Hall–Kier alpha value is -1.92. The number of benzene rings is 1. The number of likely N-dealkylation sites (tertiary alicyclic amines) is 1. The van der Waals surface area contributed by atoms with Crippen LogP contribution in [0.3, 0.4) is 0 Å². The average molecular weight is 386 g/mol. The van der Waals surface area contributed by atoms with Crippen LogP contribution in [0.5, 0.6) is 5.88 Å². The maximum atomic E-state index is 11.0. The Bertz CT molecular complexity index is 906. The summed E-state index contributed by atoms with van der Waals surface area (Å²) in [7, 11) is 0. The molecular weight excluding hydrogens is 356 g/mol. The lowest BCUT2D eigenvalue weighted by Gasteiger charge is -2.31. The molecule has 1 aliphatic heterocycles. The van der Waals surface area contributed by atoms with Crippen molar-refractivity contribution in [3.05, 3.63) is 46.1 Å². The van der Waals surface area contributed by atoms with E-state index in [9.17, 15) is 5.11 Å². The van der Waals surface area contributed by atoms with Crippen LogP contribution in [0.2, 0.25) is 0 Å². The van der Waals surface area contributed by atoms with Crippen molar-refractivity contribution in [2.24, 2.45) is 0 Å².